The largest absolute Gasteiger partial charge is 0.398 e. The van der Waals surface area contributed by atoms with E-state index in [1.165, 1.54) is 11.8 Å². The molecule has 0 radical (unpaired) electrons. The Hall–Kier alpha value is -2.09. The Balaban J connectivity index is 2.23. The number of allylic oxidation sites excluding steroid dienone is 4. The maximum absolute atomic E-state index is 7.03. The van der Waals surface area contributed by atoms with Gasteiger partial charge in [-0.25, -0.2) is 0 Å². The number of nitrogens with two attached hydrogens (primary N) is 1. The van der Waals surface area contributed by atoms with E-state index in [1.54, 1.807) is 6.08 Å². The normalized spacial score (nSPS) is 23.6. The molecule has 1 aromatic carbocycles. The van der Waals surface area contributed by atoms with Crippen LogP contribution in [0.3, 0.4) is 0 Å². The summed E-state index contributed by atoms with van der Waals surface area (Å²) in [5.74, 6) is 0. The summed E-state index contributed by atoms with van der Waals surface area (Å²) in [7, 11) is 0. The predicted octanol–water partition coefficient (Wildman–Crippen LogP) is 3.32. The third-order valence-corrected chi connectivity index (χ3v) is 3.41. The topological polar surface area (TPSA) is 49.9 Å². The summed E-state index contributed by atoms with van der Waals surface area (Å²) < 4.78 is 0. The first-order valence-electron chi connectivity index (χ1n) is 6.07. The van der Waals surface area contributed by atoms with Gasteiger partial charge in [-0.3, -0.25) is 0 Å². The second kappa shape index (κ2) is 5.05. The van der Waals surface area contributed by atoms with Crippen LogP contribution in [0, 0.1) is 5.41 Å². The lowest BCUT2D eigenvalue weighted by Gasteiger charge is -2.28. The molecular weight excluding hydrogens is 220 g/mol. The molecule has 0 amide bonds. The van der Waals surface area contributed by atoms with Crippen molar-refractivity contribution in [2.24, 2.45) is 5.73 Å². The van der Waals surface area contributed by atoms with E-state index in [1.807, 2.05) is 12.1 Å². The summed E-state index contributed by atoms with van der Waals surface area (Å²) >= 11 is 0. The molecule has 2 nitrogen and oxygen atoms in total. The summed E-state index contributed by atoms with van der Waals surface area (Å²) in [6, 6.07) is 10.5. The van der Waals surface area contributed by atoms with Gasteiger partial charge >= 0.3 is 0 Å². The second-order valence-corrected chi connectivity index (χ2v) is 4.77. The van der Waals surface area contributed by atoms with Gasteiger partial charge in [0.25, 0.3) is 0 Å². The first-order valence-corrected chi connectivity index (χ1v) is 6.07. The molecule has 0 bridgehead atoms. The molecule has 1 aromatic rings. The van der Waals surface area contributed by atoms with E-state index in [0.717, 1.165) is 12.0 Å². The quantitative estimate of drug-likeness (QED) is 0.780. The van der Waals surface area contributed by atoms with Crippen LogP contribution < -0.4 is 5.73 Å². The van der Waals surface area contributed by atoms with Crippen molar-refractivity contribution in [3.8, 4) is 0 Å². The Kier molecular flexibility index (Phi) is 3.47. The molecule has 2 rings (SSSR count). The molecule has 1 aliphatic carbocycles. The van der Waals surface area contributed by atoms with Gasteiger partial charge in [0.05, 0.1) is 0 Å². The number of benzene rings is 1. The van der Waals surface area contributed by atoms with Gasteiger partial charge in [-0.2, -0.15) is 0 Å². The van der Waals surface area contributed by atoms with Gasteiger partial charge in [0, 0.05) is 17.3 Å². The summed E-state index contributed by atoms with van der Waals surface area (Å²) in [4.78, 5) is 0. The van der Waals surface area contributed by atoms with Crippen molar-refractivity contribution in [2.75, 3.05) is 0 Å². The molecule has 92 valence electrons. The molecule has 2 heteroatoms. The maximum atomic E-state index is 7.03. The lowest BCUT2D eigenvalue weighted by Crippen LogP contribution is -2.21. The van der Waals surface area contributed by atoms with E-state index in [2.05, 4.69) is 43.3 Å². The van der Waals surface area contributed by atoms with E-state index in [-0.39, 0.29) is 5.41 Å². The zero-order chi connectivity index (χ0) is 13.0. The Labute approximate surface area is 108 Å². The van der Waals surface area contributed by atoms with Crippen molar-refractivity contribution in [1.29, 1.82) is 5.41 Å². The molecule has 3 N–H and O–H groups in total. The average molecular weight is 238 g/mol. The highest BCUT2D eigenvalue weighted by Crippen LogP contribution is 2.34. The van der Waals surface area contributed by atoms with Crippen LogP contribution in [-0.2, 0) is 5.41 Å². The number of nitrogens with one attached hydrogen (secondary N) is 1. The molecule has 0 saturated heterocycles. The zero-order valence-corrected chi connectivity index (χ0v) is 10.6. The van der Waals surface area contributed by atoms with Crippen molar-refractivity contribution >= 4 is 6.21 Å². The van der Waals surface area contributed by atoms with E-state index < -0.39 is 0 Å². The molecule has 0 fully saturated rings. The smallest absolute Gasteiger partial charge is 0.0399 e. The lowest BCUT2D eigenvalue weighted by molar-refractivity contribution is 0.597. The van der Waals surface area contributed by atoms with Gasteiger partial charge in [0.1, 0.15) is 0 Å². The van der Waals surface area contributed by atoms with Gasteiger partial charge in [-0.15, -0.1) is 0 Å². The molecule has 0 aromatic heterocycles. The minimum atomic E-state index is 0.0374. The highest BCUT2D eigenvalue weighted by molar-refractivity contribution is 5.71. The molecule has 0 spiro atoms. The number of rotatable bonds is 3. The summed E-state index contributed by atoms with van der Waals surface area (Å²) in [5.41, 5.74) is 8.88. The van der Waals surface area contributed by atoms with Crippen molar-refractivity contribution < 1.29 is 0 Å². The average Bonchev–Trinajstić information content (AvgIpc) is 2.41. The van der Waals surface area contributed by atoms with Gasteiger partial charge in [-0.1, -0.05) is 55.5 Å². The van der Waals surface area contributed by atoms with Crippen LogP contribution >= 0.6 is 0 Å². The first kappa shape index (κ1) is 12.4. The number of hydrogen-bond donors (Lipinski definition) is 2. The van der Waals surface area contributed by atoms with Crippen LogP contribution in [-0.4, -0.2) is 6.21 Å². The summed E-state index contributed by atoms with van der Waals surface area (Å²) in [6.45, 7) is 2.22. The van der Waals surface area contributed by atoms with Crippen molar-refractivity contribution in [3.05, 3.63) is 71.5 Å². The van der Waals surface area contributed by atoms with Crippen LogP contribution in [0.1, 0.15) is 18.9 Å². The van der Waals surface area contributed by atoms with Crippen LogP contribution in [0.15, 0.2) is 65.9 Å². The molecule has 1 aliphatic rings. The van der Waals surface area contributed by atoms with Crippen LogP contribution in [0.4, 0.5) is 0 Å². The summed E-state index contributed by atoms with van der Waals surface area (Å²) in [6.07, 6.45) is 10.1. The Morgan fingerprint density at radius 1 is 1.33 bits per heavy atom. The molecule has 1 atom stereocenters. The number of hydrogen-bond acceptors (Lipinski definition) is 2. The maximum Gasteiger partial charge on any atom is 0.0399 e. The highest BCUT2D eigenvalue weighted by Gasteiger charge is 2.24. The van der Waals surface area contributed by atoms with E-state index in [0.29, 0.717) is 5.70 Å². The standard InChI is InChI=1S/C16H18N2/c1-16(14-5-3-2-4-6-14)10-7-13(8-11-16)15(18)9-12-17/h2-10,12,17H,11,18H2,1H3. The van der Waals surface area contributed by atoms with Gasteiger partial charge in [0.15, 0.2) is 0 Å². The fourth-order valence-electron chi connectivity index (χ4n) is 2.16. The Bertz CT molecular complexity index is 523. The van der Waals surface area contributed by atoms with Gasteiger partial charge < -0.3 is 11.1 Å². The fraction of sp³-hybridized carbons (Fsp3) is 0.188. The molecule has 0 aliphatic heterocycles. The van der Waals surface area contributed by atoms with Crippen LogP contribution in [0.2, 0.25) is 0 Å². The van der Waals surface area contributed by atoms with Crippen molar-refractivity contribution in [2.45, 2.75) is 18.8 Å². The molecular formula is C16H18N2. The van der Waals surface area contributed by atoms with Crippen molar-refractivity contribution in [1.82, 2.24) is 0 Å². The van der Waals surface area contributed by atoms with E-state index >= 15 is 0 Å². The molecule has 18 heavy (non-hydrogen) atoms. The second-order valence-electron chi connectivity index (χ2n) is 4.77. The molecule has 1 unspecified atom stereocenters. The van der Waals surface area contributed by atoms with E-state index in [9.17, 15) is 0 Å². The first-order chi connectivity index (χ1) is 8.65. The molecule has 0 saturated carbocycles. The van der Waals surface area contributed by atoms with E-state index in [4.69, 9.17) is 11.1 Å². The zero-order valence-electron chi connectivity index (χ0n) is 10.6. The SMILES string of the molecule is CC1(c2ccccc2)C=CC(C(N)=CC=N)=CC1. The lowest BCUT2D eigenvalue weighted by atomic mass is 9.76. The minimum Gasteiger partial charge on any atom is -0.398 e. The fourth-order valence-corrected chi connectivity index (χ4v) is 2.16. The highest BCUT2D eigenvalue weighted by atomic mass is 14.6. The minimum absolute atomic E-state index is 0.0374. The van der Waals surface area contributed by atoms with Crippen molar-refractivity contribution in [3.63, 3.8) is 0 Å². The Morgan fingerprint density at radius 2 is 2.06 bits per heavy atom. The summed E-state index contributed by atoms with van der Waals surface area (Å²) in [5, 5.41) is 7.03. The third-order valence-electron chi connectivity index (χ3n) is 3.41. The van der Waals surface area contributed by atoms with Crippen LogP contribution in [0.5, 0.6) is 0 Å². The van der Waals surface area contributed by atoms with Gasteiger partial charge in [0.2, 0.25) is 0 Å². The monoisotopic (exact) mass is 238 g/mol. The Morgan fingerprint density at radius 3 is 2.61 bits per heavy atom. The van der Waals surface area contributed by atoms with Gasteiger partial charge in [-0.05, 0) is 23.6 Å². The predicted molar refractivity (Wildman–Crippen MR) is 76.7 cm³/mol. The van der Waals surface area contributed by atoms with Crippen LogP contribution in [0.25, 0.3) is 0 Å². The third kappa shape index (κ3) is 2.43. The molecule has 0 heterocycles.